The topological polar surface area (TPSA) is 50.8 Å². The second kappa shape index (κ2) is 9.15. The third kappa shape index (κ3) is 5.16. The van der Waals surface area contributed by atoms with E-state index in [1.807, 2.05) is 12.1 Å². The molecule has 2 aromatic rings. The monoisotopic (exact) mass is 364 g/mol. The Morgan fingerprint density at radius 2 is 1.85 bits per heavy atom. The highest BCUT2D eigenvalue weighted by Gasteiger charge is 2.13. The second-order valence-electron chi connectivity index (χ2n) is 5.86. The van der Waals surface area contributed by atoms with Crippen LogP contribution in [0.15, 0.2) is 42.5 Å². The highest BCUT2D eigenvalue weighted by molar-refractivity contribution is 5.69. The largest absolute Gasteiger partial charge is 0.490 e. The summed E-state index contributed by atoms with van der Waals surface area (Å²) in [7, 11) is 5.01. The maximum absolute atomic E-state index is 13.6. The quantitative estimate of drug-likeness (QED) is 0.813. The van der Waals surface area contributed by atoms with Gasteiger partial charge in [-0.2, -0.15) is 4.39 Å². The van der Waals surface area contributed by atoms with Crippen molar-refractivity contribution in [2.24, 2.45) is 0 Å². The first-order valence-electron chi connectivity index (χ1n) is 8.15. The molecule has 0 saturated heterocycles. The number of benzene rings is 2. The van der Waals surface area contributed by atoms with Crippen molar-refractivity contribution in [1.82, 2.24) is 10.2 Å². The number of halogens is 2. The van der Waals surface area contributed by atoms with Crippen LogP contribution in [-0.2, 0) is 0 Å². The first kappa shape index (κ1) is 19.7. The normalized spacial score (nSPS) is 11.7. The van der Waals surface area contributed by atoms with Crippen LogP contribution < -0.4 is 14.8 Å². The summed E-state index contributed by atoms with van der Waals surface area (Å²) >= 11 is 0. The molecular formula is C19H22F2N2O3. The van der Waals surface area contributed by atoms with Crippen LogP contribution in [0.4, 0.5) is 13.6 Å². The smallest absolute Gasteiger partial charge is 0.414 e. The molecule has 2 rings (SSSR count). The molecule has 1 atom stereocenters. The Bertz CT molecular complexity index is 736. The first-order valence-corrected chi connectivity index (χ1v) is 8.15. The molecule has 0 radical (unpaired) electrons. The molecule has 0 heterocycles. The van der Waals surface area contributed by atoms with Gasteiger partial charge in [-0.3, -0.25) is 0 Å². The molecule has 0 fully saturated rings. The van der Waals surface area contributed by atoms with E-state index in [2.05, 4.69) is 5.32 Å². The minimum atomic E-state index is -0.986. The molecule has 7 heteroatoms. The lowest BCUT2D eigenvalue weighted by Gasteiger charge is -2.18. The first-order chi connectivity index (χ1) is 12.4. The standard InChI is InChI=1S/C19H22F2N2O3/c1-22-16(11-12-25-17-6-4-5-15(20)18(17)21)13-7-9-14(10-8-13)26-19(24)23(2)3/h4-10,16,22H,11-12H2,1-3H3. The minimum absolute atomic E-state index is 0.0507. The van der Waals surface area contributed by atoms with Crippen molar-refractivity contribution in [3.8, 4) is 11.5 Å². The average Bonchev–Trinajstić information content (AvgIpc) is 2.63. The van der Waals surface area contributed by atoms with Crippen LogP contribution in [0.1, 0.15) is 18.0 Å². The molecule has 0 aliphatic rings. The van der Waals surface area contributed by atoms with E-state index in [9.17, 15) is 13.6 Å². The molecule has 0 spiro atoms. The van der Waals surface area contributed by atoms with Crippen LogP contribution in [0.25, 0.3) is 0 Å². The molecule has 140 valence electrons. The molecule has 0 saturated carbocycles. The zero-order chi connectivity index (χ0) is 19.1. The van der Waals surface area contributed by atoms with E-state index in [4.69, 9.17) is 9.47 Å². The zero-order valence-electron chi connectivity index (χ0n) is 15.0. The summed E-state index contributed by atoms with van der Waals surface area (Å²) in [5, 5.41) is 3.15. The van der Waals surface area contributed by atoms with Crippen LogP contribution >= 0.6 is 0 Å². The highest BCUT2D eigenvalue weighted by atomic mass is 19.2. The number of ether oxygens (including phenoxy) is 2. The predicted molar refractivity (Wildman–Crippen MR) is 94.4 cm³/mol. The molecule has 0 aromatic heterocycles. The van der Waals surface area contributed by atoms with Crippen molar-refractivity contribution in [3.63, 3.8) is 0 Å². The van der Waals surface area contributed by atoms with E-state index in [-0.39, 0.29) is 18.4 Å². The Labute approximate surface area is 151 Å². The molecule has 5 nitrogen and oxygen atoms in total. The number of hydrogen-bond donors (Lipinski definition) is 1. The summed E-state index contributed by atoms with van der Waals surface area (Å²) in [6.07, 6.45) is 0.0944. The third-order valence-corrected chi connectivity index (χ3v) is 3.78. The van der Waals surface area contributed by atoms with Gasteiger partial charge in [-0.1, -0.05) is 18.2 Å². The van der Waals surface area contributed by atoms with Crippen molar-refractivity contribution in [3.05, 3.63) is 59.7 Å². The number of amides is 1. The molecule has 0 bridgehead atoms. The van der Waals surface area contributed by atoms with Crippen molar-refractivity contribution in [2.45, 2.75) is 12.5 Å². The van der Waals surface area contributed by atoms with Crippen LogP contribution in [-0.4, -0.2) is 38.7 Å². The van der Waals surface area contributed by atoms with Gasteiger partial charge in [0.15, 0.2) is 11.6 Å². The van der Waals surface area contributed by atoms with Gasteiger partial charge in [-0.05, 0) is 36.9 Å². The summed E-state index contributed by atoms with van der Waals surface area (Å²) in [5.74, 6) is -1.58. The van der Waals surface area contributed by atoms with Crippen LogP contribution in [0.5, 0.6) is 11.5 Å². The summed E-state index contributed by atoms with van der Waals surface area (Å²) in [6.45, 7) is 0.212. The second-order valence-corrected chi connectivity index (χ2v) is 5.86. The Morgan fingerprint density at radius 1 is 1.15 bits per heavy atom. The lowest BCUT2D eigenvalue weighted by atomic mass is 10.0. The fraction of sp³-hybridized carbons (Fsp3) is 0.316. The van der Waals surface area contributed by atoms with Gasteiger partial charge in [-0.25, -0.2) is 9.18 Å². The molecule has 1 unspecified atom stereocenters. The van der Waals surface area contributed by atoms with E-state index in [0.29, 0.717) is 12.2 Å². The Hall–Kier alpha value is -2.67. The van der Waals surface area contributed by atoms with Crippen LogP contribution in [0.2, 0.25) is 0 Å². The highest BCUT2D eigenvalue weighted by Crippen LogP contribution is 2.23. The fourth-order valence-electron chi connectivity index (χ4n) is 2.32. The van der Waals surface area contributed by atoms with Crippen LogP contribution in [0, 0.1) is 11.6 Å². The maximum Gasteiger partial charge on any atom is 0.414 e. The summed E-state index contributed by atoms with van der Waals surface area (Å²) in [6, 6.07) is 10.9. The van der Waals surface area contributed by atoms with Crippen molar-refractivity contribution in [2.75, 3.05) is 27.7 Å². The molecular weight excluding hydrogens is 342 g/mol. The number of nitrogens with zero attached hydrogens (tertiary/aromatic N) is 1. The van der Waals surface area contributed by atoms with Gasteiger partial charge < -0.3 is 19.7 Å². The Morgan fingerprint density at radius 3 is 2.46 bits per heavy atom. The molecule has 0 aliphatic heterocycles. The van der Waals surface area contributed by atoms with Crippen molar-refractivity contribution in [1.29, 1.82) is 0 Å². The minimum Gasteiger partial charge on any atom is -0.490 e. The fourth-order valence-corrected chi connectivity index (χ4v) is 2.32. The number of carbonyl (C=O) groups excluding carboxylic acids is 1. The Kier molecular flexibility index (Phi) is 6.91. The van der Waals surface area contributed by atoms with Gasteiger partial charge in [0.2, 0.25) is 5.82 Å². The molecule has 1 amide bonds. The van der Waals surface area contributed by atoms with E-state index in [0.717, 1.165) is 11.6 Å². The van der Waals surface area contributed by atoms with Gasteiger partial charge in [0.25, 0.3) is 0 Å². The molecule has 1 N–H and O–H groups in total. The van der Waals surface area contributed by atoms with E-state index < -0.39 is 17.7 Å². The molecule has 26 heavy (non-hydrogen) atoms. The van der Waals surface area contributed by atoms with Crippen molar-refractivity contribution >= 4 is 6.09 Å². The number of rotatable bonds is 7. The van der Waals surface area contributed by atoms with E-state index in [1.165, 1.54) is 17.0 Å². The SMILES string of the molecule is CNC(CCOc1cccc(F)c1F)c1ccc(OC(=O)N(C)C)cc1. The summed E-state index contributed by atoms with van der Waals surface area (Å²) in [5.41, 5.74) is 0.959. The maximum atomic E-state index is 13.6. The summed E-state index contributed by atoms with van der Waals surface area (Å²) in [4.78, 5) is 12.9. The lowest BCUT2D eigenvalue weighted by molar-refractivity contribution is 0.172. The third-order valence-electron chi connectivity index (χ3n) is 3.78. The van der Waals surface area contributed by atoms with Gasteiger partial charge in [-0.15, -0.1) is 0 Å². The number of nitrogens with one attached hydrogen (secondary N) is 1. The van der Waals surface area contributed by atoms with Crippen molar-refractivity contribution < 1.29 is 23.0 Å². The lowest BCUT2D eigenvalue weighted by Crippen LogP contribution is -2.25. The zero-order valence-corrected chi connectivity index (χ0v) is 15.0. The van der Waals surface area contributed by atoms with Gasteiger partial charge in [0.05, 0.1) is 6.61 Å². The molecule has 0 aliphatic carbocycles. The average molecular weight is 364 g/mol. The van der Waals surface area contributed by atoms with Gasteiger partial charge >= 0.3 is 6.09 Å². The van der Waals surface area contributed by atoms with E-state index >= 15 is 0 Å². The van der Waals surface area contributed by atoms with Gasteiger partial charge in [0.1, 0.15) is 5.75 Å². The number of hydrogen-bond acceptors (Lipinski definition) is 4. The van der Waals surface area contributed by atoms with Crippen LogP contribution in [0.3, 0.4) is 0 Å². The Balaban J connectivity index is 1.93. The molecule has 2 aromatic carbocycles. The summed E-state index contributed by atoms with van der Waals surface area (Å²) < 4.78 is 37.3. The predicted octanol–water partition coefficient (Wildman–Crippen LogP) is 3.75. The number of carbonyl (C=O) groups is 1. The van der Waals surface area contributed by atoms with E-state index in [1.54, 1.807) is 33.3 Å². The van der Waals surface area contributed by atoms with Gasteiger partial charge in [0, 0.05) is 26.6 Å².